The van der Waals surface area contributed by atoms with Gasteiger partial charge in [0.1, 0.15) is 5.82 Å². The third-order valence-electron chi connectivity index (χ3n) is 3.51. The second-order valence-electron chi connectivity index (χ2n) is 4.67. The number of aliphatic hydroxyl groups is 1. The van der Waals surface area contributed by atoms with Crippen molar-refractivity contribution in [3.05, 3.63) is 23.9 Å². The largest absolute Gasteiger partial charge is 0.392 e. The molecule has 2 unspecified atom stereocenters. The highest BCUT2D eigenvalue weighted by molar-refractivity contribution is 5.41. The van der Waals surface area contributed by atoms with Crippen LogP contribution in [0.3, 0.4) is 0 Å². The SMILES string of the molecule is COC1CN(c2cc(CO)ccn2)CCC1C. The molecule has 1 fully saturated rings. The van der Waals surface area contributed by atoms with Gasteiger partial charge in [0.25, 0.3) is 0 Å². The van der Waals surface area contributed by atoms with E-state index in [2.05, 4.69) is 16.8 Å². The summed E-state index contributed by atoms with van der Waals surface area (Å²) in [6.45, 7) is 4.17. The Balaban J connectivity index is 2.11. The molecule has 1 saturated heterocycles. The second-order valence-corrected chi connectivity index (χ2v) is 4.67. The number of aromatic nitrogens is 1. The van der Waals surface area contributed by atoms with E-state index in [1.165, 1.54) is 0 Å². The van der Waals surface area contributed by atoms with Gasteiger partial charge in [-0.3, -0.25) is 0 Å². The zero-order valence-electron chi connectivity index (χ0n) is 10.5. The molecule has 17 heavy (non-hydrogen) atoms. The lowest BCUT2D eigenvalue weighted by atomic mass is 9.96. The van der Waals surface area contributed by atoms with E-state index in [-0.39, 0.29) is 12.7 Å². The average Bonchev–Trinajstić information content (AvgIpc) is 2.39. The molecule has 1 aliphatic heterocycles. The molecule has 0 radical (unpaired) electrons. The normalized spacial score (nSPS) is 25.0. The molecular formula is C13H20N2O2. The molecule has 0 aliphatic carbocycles. The van der Waals surface area contributed by atoms with Crippen molar-refractivity contribution in [2.24, 2.45) is 5.92 Å². The molecule has 2 heterocycles. The maximum Gasteiger partial charge on any atom is 0.128 e. The smallest absolute Gasteiger partial charge is 0.128 e. The van der Waals surface area contributed by atoms with Gasteiger partial charge >= 0.3 is 0 Å². The predicted molar refractivity (Wildman–Crippen MR) is 67.0 cm³/mol. The first-order chi connectivity index (χ1) is 8.24. The first-order valence-electron chi connectivity index (χ1n) is 6.08. The van der Waals surface area contributed by atoms with E-state index in [0.29, 0.717) is 5.92 Å². The Kier molecular flexibility index (Phi) is 3.97. The van der Waals surface area contributed by atoms with Gasteiger partial charge in [-0.1, -0.05) is 6.92 Å². The number of aliphatic hydroxyl groups excluding tert-OH is 1. The van der Waals surface area contributed by atoms with Crippen LogP contribution in [-0.4, -0.2) is 36.4 Å². The van der Waals surface area contributed by atoms with E-state index >= 15 is 0 Å². The lowest BCUT2D eigenvalue weighted by Crippen LogP contribution is -2.44. The van der Waals surface area contributed by atoms with Crippen molar-refractivity contribution in [1.82, 2.24) is 4.98 Å². The molecule has 1 N–H and O–H groups in total. The van der Waals surface area contributed by atoms with E-state index in [1.54, 1.807) is 13.3 Å². The number of pyridine rings is 1. The van der Waals surface area contributed by atoms with E-state index < -0.39 is 0 Å². The number of methoxy groups -OCH3 is 1. The molecule has 1 aliphatic rings. The molecule has 2 atom stereocenters. The standard InChI is InChI=1S/C13H20N2O2/c1-10-4-6-15(8-12(10)17-2)13-7-11(9-16)3-5-14-13/h3,5,7,10,12,16H,4,6,8-9H2,1-2H3. The van der Waals surface area contributed by atoms with Gasteiger partial charge in [-0.25, -0.2) is 4.98 Å². The lowest BCUT2D eigenvalue weighted by Gasteiger charge is -2.37. The number of hydrogen-bond acceptors (Lipinski definition) is 4. The molecule has 1 aromatic rings. The van der Waals surface area contributed by atoms with Crippen molar-refractivity contribution in [1.29, 1.82) is 0 Å². The van der Waals surface area contributed by atoms with Crippen LogP contribution in [0.4, 0.5) is 5.82 Å². The summed E-state index contributed by atoms with van der Waals surface area (Å²) in [5.74, 6) is 1.53. The Labute approximate surface area is 102 Å². The summed E-state index contributed by atoms with van der Waals surface area (Å²) in [5.41, 5.74) is 0.905. The second kappa shape index (κ2) is 5.47. The molecule has 0 amide bonds. The van der Waals surface area contributed by atoms with E-state index in [4.69, 9.17) is 9.84 Å². The zero-order chi connectivity index (χ0) is 12.3. The lowest BCUT2D eigenvalue weighted by molar-refractivity contribution is 0.0496. The Morgan fingerprint density at radius 1 is 1.59 bits per heavy atom. The summed E-state index contributed by atoms with van der Waals surface area (Å²) < 4.78 is 5.49. The predicted octanol–water partition coefficient (Wildman–Crippen LogP) is 1.44. The quantitative estimate of drug-likeness (QED) is 0.862. The van der Waals surface area contributed by atoms with Gasteiger partial charge in [0.2, 0.25) is 0 Å². The van der Waals surface area contributed by atoms with Crippen LogP contribution in [0, 0.1) is 5.92 Å². The number of nitrogens with zero attached hydrogens (tertiary/aromatic N) is 2. The fraction of sp³-hybridized carbons (Fsp3) is 0.615. The Morgan fingerprint density at radius 2 is 2.41 bits per heavy atom. The van der Waals surface area contributed by atoms with Gasteiger partial charge in [0.05, 0.1) is 12.7 Å². The maximum atomic E-state index is 9.13. The van der Waals surface area contributed by atoms with Crippen molar-refractivity contribution in [2.45, 2.75) is 26.1 Å². The van der Waals surface area contributed by atoms with Crippen molar-refractivity contribution in [3.8, 4) is 0 Å². The van der Waals surface area contributed by atoms with Crippen LogP contribution in [0.25, 0.3) is 0 Å². The number of rotatable bonds is 3. The first-order valence-corrected chi connectivity index (χ1v) is 6.08. The van der Waals surface area contributed by atoms with Gasteiger partial charge in [-0.2, -0.15) is 0 Å². The van der Waals surface area contributed by atoms with Crippen LogP contribution in [0.1, 0.15) is 18.9 Å². The van der Waals surface area contributed by atoms with E-state index in [1.807, 2.05) is 12.1 Å². The average molecular weight is 236 g/mol. The van der Waals surface area contributed by atoms with Gasteiger partial charge in [-0.05, 0) is 30.0 Å². The molecule has 2 rings (SSSR count). The van der Waals surface area contributed by atoms with Crippen molar-refractivity contribution >= 4 is 5.82 Å². The molecule has 0 aromatic carbocycles. The van der Waals surface area contributed by atoms with Gasteiger partial charge < -0.3 is 14.7 Å². The Bertz CT molecular complexity index is 370. The van der Waals surface area contributed by atoms with Gasteiger partial charge in [0, 0.05) is 26.4 Å². The van der Waals surface area contributed by atoms with Crippen molar-refractivity contribution in [2.75, 3.05) is 25.1 Å². The third-order valence-corrected chi connectivity index (χ3v) is 3.51. The summed E-state index contributed by atoms with van der Waals surface area (Å²) in [6, 6.07) is 3.78. The minimum atomic E-state index is 0.0630. The zero-order valence-corrected chi connectivity index (χ0v) is 10.5. The van der Waals surface area contributed by atoms with E-state index in [9.17, 15) is 0 Å². The number of anilines is 1. The number of hydrogen-bond donors (Lipinski definition) is 1. The van der Waals surface area contributed by atoms with Gasteiger partial charge in [-0.15, -0.1) is 0 Å². The highest BCUT2D eigenvalue weighted by atomic mass is 16.5. The van der Waals surface area contributed by atoms with Gasteiger partial charge in [0.15, 0.2) is 0 Å². The first kappa shape index (κ1) is 12.3. The van der Waals surface area contributed by atoms with Crippen LogP contribution >= 0.6 is 0 Å². The Morgan fingerprint density at radius 3 is 3.12 bits per heavy atom. The van der Waals surface area contributed by atoms with Crippen LogP contribution in [0.2, 0.25) is 0 Å². The van der Waals surface area contributed by atoms with Crippen LogP contribution in [-0.2, 0) is 11.3 Å². The molecule has 94 valence electrons. The summed E-state index contributed by atoms with van der Waals surface area (Å²) in [5, 5.41) is 9.13. The highest BCUT2D eigenvalue weighted by Crippen LogP contribution is 2.23. The molecule has 4 nitrogen and oxygen atoms in total. The van der Waals surface area contributed by atoms with Crippen molar-refractivity contribution < 1.29 is 9.84 Å². The molecule has 1 aromatic heterocycles. The fourth-order valence-corrected chi connectivity index (χ4v) is 2.28. The number of piperidine rings is 1. The van der Waals surface area contributed by atoms with Crippen LogP contribution < -0.4 is 4.90 Å². The monoisotopic (exact) mass is 236 g/mol. The maximum absolute atomic E-state index is 9.13. The summed E-state index contributed by atoms with van der Waals surface area (Å²) >= 11 is 0. The van der Waals surface area contributed by atoms with E-state index in [0.717, 1.165) is 30.9 Å². The molecule has 0 spiro atoms. The summed E-state index contributed by atoms with van der Waals surface area (Å²) in [4.78, 5) is 6.59. The molecular weight excluding hydrogens is 216 g/mol. The minimum Gasteiger partial charge on any atom is -0.392 e. The summed E-state index contributed by atoms with van der Waals surface area (Å²) in [7, 11) is 1.77. The van der Waals surface area contributed by atoms with Crippen molar-refractivity contribution in [3.63, 3.8) is 0 Å². The van der Waals surface area contributed by atoms with Crippen LogP contribution in [0.15, 0.2) is 18.3 Å². The third kappa shape index (κ3) is 2.76. The molecule has 0 saturated carbocycles. The Hall–Kier alpha value is -1.13. The fourth-order valence-electron chi connectivity index (χ4n) is 2.28. The topological polar surface area (TPSA) is 45.6 Å². The molecule has 4 heteroatoms. The molecule has 0 bridgehead atoms. The van der Waals surface area contributed by atoms with Crippen LogP contribution in [0.5, 0.6) is 0 Å². The summed E-state index contributed by atoms with van der Waals surface area (Å²) in [6.07, 6.45) is 3.13. The minimum absolute atomic E-state index is 0.0630. The number of ether oxygens (including phenoxy) is 1. The highest BCUT2D eigenvalue weighted by Gasteiger charge is 2.26.